The van der Waals surface area contributed by atoms with Gasteiger partial charge in [-0.1, -0.05) is 41.0 Å². The smallest absolute Gasteiger partial charge is 0.343 e. The molecule has 13 heteroatoms. The number of aromatic nitrogens is 3. The summed E-state index contributed by atoms with van der Waals surface area (Å²) in [7, 11) is 1.46. The first-order valence-electron chi connectivity index (χ1n) is 20.1. The van der Waals surface area contributed by atoms with Crippen molar-refractivity contribution in [3.8, 4) is 23.2 Å². The summed E-state index contributed by atoms with van der Waals surface area (Å²) in [6.07, 6.45) is 4.11. The van der Waals surface area contributed by atoms with E-state index in [1.807, 2.05) is 6.92 Å². The van der Waals surface area contributed by atoms with E-state index in [1.165, 1.54) is 23.0 Å². The third-order valence-corrected chi connectivity index (χ3v) is 11.7. The van der Waals surface area contributed by atoms with Gasteiger partial charge in [-0.3, -0.25) is 9.59 Å². The third kappa shape index (κ3) is 8.31. The highest BCUT2D eigenvalue weighted by Gasteiger charge is 2.41. The van der Waals surface area contributed by atoms with Crippen LogP contribution in [0.15, 0.2) is 40.9 Å². The summed E-state index contributed by atoms with van der Waals surface area (Å²) in [6, 6.07) is 11.5. The van der Waals surface area contributed by atoms with E-state index >= 15 is 0 Å². The number of rotatable bonds is 12. The number of anilines is 2. The number of aryl methyl sites for hydroxylation is 1. The van der Waals surface area contributed by atoms with Gasteiger partial charge >= 0.3 is 11.9 Å². The third-order valence-electron chi connectivity index (χ3n) is 11.7. The van der Waals surface area contributed by atoms with E-state index < -0.39 is 17.8 Å². The van der Waals surface area contributed by atoms with E-state index in [2.05, 4.69) is 76.9 Å². The van der Waals surface area contributed by atoms with Crippen LogP contribution in [0.1, 0.15) is 116 Å². The molecule has 0 radical (unpaired) electrons. The minimum Gasteiger partial charge on any atom is -0.495 e. The van der Waals surface area contributed by atoms with Gasteiger partial charge in [0.2, 0.25) is 5.91 Å². The maximum absolute atomic E-state index is 14.3. The molecule has 13 nitrogen and oxygen atoms in total. The van der Waals surface area contributed by atoms with E-state index in [0.29, 0.717) is 28.6 Å². The molecule has 0 spiro atoms. The highest BCUT2D eigenvalue weighted by Crippen LogP contribution is 2.46. The Bertz CT molecular complexity index is 2170. The molecule has 0 saturated heterocycles. The van der Waals surface area contributed by atoms with E-state index in [0.717, 1.165) is 44.2 Å². The number of amides is 1. The number of hydrogen-bond donors (Lipinski definition) is 2. The molecular formula is C44H55N7O6. The fourth-order valence-corrected chi connectivity index (χ4v) is 9.06. The van der Waals surface area contributed by atoms with E-state index in [1.54, 1.807) is 18.2 Å². The van der Waals surface area contributed by atoms with Crippen molar-refractivity contribution in [3.63, 3.8) is 0 Å². The first-order chi connectivity index (χ1) is 27.1. The number of carboxylic acids is 1. The van der Waals surface area contributed by atoms with E-state index in [-0.39, 0.29) is 70.9 Å². The minimum atomic E-state index is -1.08. The van der Waals surface area contributed by atoms with Gasteiger partial charge in [-0.2, -0.15) is 9.94 Å². The Labute approximate surface area is 335 Å². The molecule has 3 atom stereocenters. The zero-order valence-corrected chi connectivity index (χ0v) is 34.6. The van der Waals surface area contributed by atoms with Crippen LogP contribution in [0.4, 0.5) is 17.1 Å². The topological polar surface area (TPSA) is 172 Å². The normalized spacial score (nSPS) is 23.1. The summed E-state index contributed by atoms with van der Waals surface area (Å²) in [4.78, 5) is 50.5. The molecule has 6 rings (SSSR count). The van der Waals surface area contributed by atoms with Gasteiger partial charge in [0.1, 0.15) is 29.1 Å². The molecular weight excluding hydrogens is 723 g/mol. The Kier molecular flexibility index (Phi) is 11.9. The molecule has 302 valence electrons. The second-order valence-electron chi connectivity index (χ2n) is 16.8. The SMILES string of the molecule is CCCCN1c2cc(C)c(/N=C3\C(C#N)=C(C(=O)OC4C(C)CC(C)CC4C)c4nc(-c5ccc(OC)c(NC(=O)CCC(=O)O)c5)nn43)cc2C(C)CC1(C)C. The Morgan fingerprint density at radius 2 is 1.81 bits per heavy atom. The maximum atomic E-state index is 14.3. The summed E-state index contributed by atoms with van der Waals surface area (Å²) in [5.41, 5.74) is 4.75. The zero-order valence-electron chi connectivity index (χ0n) is 34.6. The predicted molar refractivity (Wildman–Crippen MR) is 220 cm³/mol. The second kappa shape index (κ2) is 16.5. The maximum Gasteiger partial charge on any atom is 0.343 e. The first-order valence-corrected chi connectivity index (χ1v) is 20.1. The van der Waals surface area contributed by atoms with Gasteiger partial charge in [0.25, 0.3) is 0 Å². The number of aliphatic carboxylic acids is 1. The van der Waals surface area contributed by atoms with Crippen LogP contribution in [-0.4, -0.2) is 68.8 Å². The standard InChI is InChI=1S/C44H55N7O6/c1-10-11-16-50-34-19-25(3)32(21-30(34)28(6)22-44(50,7)8)47-41-31(23-45)38(43(55)57-39-26(4)17-24(2)18-27(39)5)42-48-40(49-51(41)42)29-12-13-35(56-9)33(20-29)46-36(52)14-15-37(53)54/h12-13,19-21,24,26-28,39H,10-11,14-18,22H2,1-9H3,(H,46,52)(H,53,54)/b47-41+. The summed E-state index contributed by atoms with van der Waals surface area (Å²) < 4.78 is 13.2. The van der Waals surface area contributed by atoms with Gasteiger partial charge in [-0.25, -0.2) is 14.8 Å². The van der Waals surface area contributed by atoms with Crippen LogP contribution in [0.25, 0.3) is 17.0 Å². The van der Waals surface area contributed by atoms with Gasteiger partial charge < -0.3 is 24.8 Å². The van der Waals surface area contributed by atoms with Crippen LogP contribution in [0.2, 0.25) is 0 Å². The van der Waals surface area contributed by atoms with Gasteiger partial charge in [-0.05, 0) is 112 Å². The lowest BCUT2D eigenvalue weighted by Gasteiger charge is -2.48. The Morgan fingerprint density at radius 3 is 2.46 bits per heavy atom. The molecule has 3 aromatic rings. The van der Waals surface area contributed by atoms with Crippen molar-refractivity contribution < 1.29 is 29.0 Å². The number of aliphatic imine (C=N–C) groups is 1. The molecule has 1 fully saturated rings. The molecule has 57 heavy (non-hydrogen) atoms. The van der Waals surface area contributed by atoms with Crippen LogP contribution >= 0.6 is 0 Å². The average molecular weight is 778 g/mol. The predicted octanol–water partition coefficient (Wildman–Crippen LogP) is 8.44. The van der Waals surface area contributed by atoms with E-state index in [4.69, 9.17) is 29.7 Å². The number of nitriles is 1. The molecule has 0 bridgehead atoms. The van der Waals surface area contributed by atoms with Crippen LogP contribution in [0, 0.1) is 36.0 Å². The van der Waals surface area contributed by atoms with Crippen molar-refractivity contribution in [3.05, 3.63) is 52.9 Å². The number of nitrogens with one attached hydrogen (secondary N) is 1. The highest BCUT2D eigenvalue weighted by atomic mass is 16.5. The van der Waals surface area contributed by atoms with Crippen molar-refractivity contribution in [2.24, 2.45) is 22.7 Å². The van der Waals surface area contributed by atoms with E-state index in [9.17, 15) is 19.6 Å². The Morgan fingerprint density at radius 1 is 1.09 bits per heavy atom. The summed E-state index contributed by atoms with van der Waals surface area (Å²) in [5, 5.41) is 27.3. The minimum absolute atomic E-state index is 0.000187. The van der Waals surface area contributed by atoms with Crippen LogP contribution in [0.5, 0.6) is 5.75 Å². The molecule has 1 amide bonds. The van der Waals surface area contributed by atoms with Crippen molar-refractivity contribution in [1.29, 1.82) is 5.26 Å². The number of carbonyl (C=O) groups is 3. The number of carbonyl (C=O) groups excluding carboxylic acids is 2. The fraction of sp³-hybridized carbons (Fsp3) is 0.523. The number of carboxylic acid groups (broad SMARTS) is 1. The zero-order chi connectivity index (χ0) is 41.3. The van der Waals surface area contributed by atoms with Gasteiger partial charge in [0, 0.05) is 29.8 Å². The van der Waals surface area contributed by atoms with Gasteiger partial charge in [0.15, 0.2) is 17.5 Å². The first kappa shape index (κ1) is 41.1. The lowest BCUT2D eigenvalue weighted by Crippen LogP contribution is -2.48. The molecule has 2 aliphatic heterocycles. The quantitative estimate of drug-likeness (QED) is 0.170. The van der Waals surface area contributed by atoms with Crippen molar-refractivity contribution in [2.75, 3.05) is 23.9 Å². The lowest BCUT2D eigenvalue weighted by atomic mass is 9.75. The van der Waals surface area contributed by atoms with Crippen molar-refractivity contribution in [2.45, 2.75) is 118 Å². The second-order valence-corrected chi connectivity index (χ2v) is 16.8. The van der Waals surface area contributed by atoms with Crippen LogP contribution < -0.4 is 15.0 Å². The number of fused-ring (bicyclic) bond motifs is 2. The molecule has 2 aromatic carbocycles. The van der Waals surface area contributed by atoms with Gasteiger partial charge in [-0.15, -0.1) is 5.10 Å². The largest absolute Gasteiger partial charge is 0.495 e. The van der Waals surface area contributed by atoms with Crippen molar-refractivity contribution in [1.82, 2.24) is 14.8 Å². The number of ether oxygens (including phenoxy) is 2. The van der Waals surface area contributed by atoms with Gasteiger partial charge in [0.05, 0.1) is 24.9 Å². The molecule has 3 heterocycles. The number of methoxy groups -OCH3 is 1. The lowest BCUT2D eigenvalue weighted by molar-refractivity contribution is -0.150. The molecule has 2 N–H and O–H groups in total. The highest BCUT2D eigenvalue weighted by molar-refractivity contribution is 6.30. The summed E-state index contributed by atoms with van der Waals surface area (Å²) in [5.74, 6) is -0.333. The summed E-state index contributed by atoms with van der Waals surface area (Å²) in [6.45, 7) is 18.4. The average Bonchev–Trinajstić information content (AvgIpc) is 3.69. The fourth-order valence-electron chi connectivity index (χ4n) is 9.06. The molecule has 1 aromatic heterocycles. The monoisotopic (exact) mass is 777 g/mol. The molecule has 1 saturated carbocycles. The Balaban J connectivity index is 1.47. The number of hydrogen-bond acceptors (Lipinski definition) is 10. The number of nitrogens with zero attached hydrogens (tertiary/aromatic N) is 6. The molecule has 3 unspecified atom stereocenters. The van der Waals surface area contributed by atoms with Crippen LogP contribution in [-0.2, 0) is 19.1 Å². The van der Waals surface area contributed by atoms with Crippen molar-refractivity contribution >= 4 is 46.3 Å². The number of unbranched alkanes of at least 4 members (excludes halogenated alkanes) is 1. The number of benzene rings is 2. The van der Waals surface area contributed by atoms with Crippen LogP contribution in [0.3, 0.4) is 0 Å². The number of allylic oxidation sites excluding steroid dienone is 1. The molecule has 1 aliphatic carbocycles. The number of esters is 1. The molecule has 3 aliphatic rings. The summed E-state index contributed by atoms with van der Waals surface area (Å²) >= 11 is 0. The Hall–Kier alpha value is -5.51.